The molecule has 0 fully saturated rings. The van der Waals surface area contributed by atoms with Gasteiger partial charge in [0, 0.05) is 20.2 Å². The second-order valence-electron chi connectivity index (χ2n) is 3.48. The molecular weight excluding hydrogens is 190 g/mol. The molecule has 0 saturated heterocycles. The molecule has 0 spiro atoms. The van der Waals surface area contributed by atoms with Gasteiger partial charge in [-0.1, -0.05) is 6.92 Å². The SMILES string of the molecule is CCc1nnc(C)cc1CNCCOC. The average Bonchev–Trinajstić information content (AvgIpc) is 2.25. The Hall–Kier alpha value is -1.00. The van der Waals surface area contributed by atoms with Crippen LogP contribution >= 0.6 is 0 Å². The van der Waals surface area contributed by atoms with Crippen molar-refractivity contribution in [3.63, 3.8) is 0 Å². The van der Waals surface area contributed by atoms with Gasteiger partial charge in [0.2, 0.25) is 0 Å². The molecule has 0 bridgehead atoms. The van der Waals surface area contributed by atoms with E-state index in [0.29, 0.717) is 0 Å². The van der Waals surface area contributed by atoms with Crippen molar-refractivity contribution < 1.29 is 4.74 Å². The molecule has 0 aliphatic rings. The number of nitrogens with one attached hydrogen (secondary N) is 1. The van der Waals surface area contributed by atoms with Crippen LogP contribution in [0.2, 0.25) is 0 Å². The van der Waals surface area contributed by atoms with Gasteiger partial charge in [0.25, 0.3) is 0 Å². The van der Waals surface area contributed by atoms with Crippen LogP contribution < -0.4 is 5.32 Å². The summed E-state index contributed by atoms with van der Waals surface area (Å²) in [5, 5.41) is 11.5. The molecule has 4 heteroatoms. The Morgan fingerprint density at radius 2 is 2.20 bits per heavy atom. The van der Waals surface area contributed by atoms with Crippen LogP contribution in [0.5, 0.6) is 0 Å². The Balaban J connectivity index is 2.54. The average molecular weight is 209 g/mol. The minimum Gasteiger partial charge on any atom is -0.383 e. The highest BCUT2D eigenvalue weighted by Gasteiger charge is 2.03. The van der Waals surface area contributed by atoms with Crippen molar-refractivity contribution in [2.24, 2.45) is 0 Å². The van der Waals surface area contributed by atoms with E-state index in [-0.39, 0.29) is 0 Å². The second kappa shape index (κ2) is 6.48. The Kier molecular flexibility index (Phi) is 5.21. The maximum Gasteiger partial charge on any atom is 0.0673 e. The molecule has 1 aromatic rings. The van der Waals surface area contributed by atoms with Gasteiger partial charge in [0.15, 0.2) is 0 Å². The summed E-state index contributed by atoms with van der Waals surface area (Å²) in [4.78, 5) is 0. The van der Waals surface area contributed by atoms with Crippen molar-refractivity contribution in [3.05, 3.63) is 23.0 Å². The van der Waals surface area contributed by atoms with Gasteiger partial charge in [-0.2, -0.15) is 10.2 Å². The lowest BCUT2D eigenvalue weighted by atomic mass is 10.1. The van der Waals surface area contributed by atoms with Crippen LogP contribution in [0.15, 0.2) is 6.07 Å². The third-order valence-corrected chi connectivity index (χ3v) is 2.22. The summed E-state index contributed by atoms with van der Waals surface area (Å²) in [7, 11) is 1.71. The highest BCUT2D eigenvalue weighted by Crippen LogP contribution is 2.06. The summed E-state index contributed by atoms with van der Waals surface area (Å²) < 4.78 is 4.97. The van der Waals surface area contributed by atoms with Crippen molar-refractivity contribution in [1.82, 2.24) is 15.5 Å². The molecule has 0 aliphatic carbocycles. The Morgan fingerprint density at radius 1 is 1.40 bits per heavy atom. The van der Waals surface area contributed by atoms with Crippen molar-refractivity contribution in [2.75, 3.05) is 20.3 Å². The summed E-state index contributed by atoms with van der Waals surface area (Å²) in [6.07, 6.45) is 0.925. The van der Waals surface area contributed by atoms with Crippen molar-refractivity contribution >= 4 is 0 Å². The summed E-state index contributed by atoms with van der Waals surface area (Å²) in [5.74, 6) is 0. The van der Waals surface area contributed by atoms with E-state index in [4.69, 9.17) is 4.74 Å². The van der Waals surface area contributed by atoms with E-state index in [2.05, 4.69) is 28.5 Å². The lowest BCUT2D eigenvalue weighted by molar-refractivity contribution is 0.199. The first-order chi connectivity index (χ1) is 7.27. The lowest BCUT2D eigenvalue weighted by Crippen LogP contribution is -2.20. The molecule has 0 aromatic carbocycles. The van der Waals surface area contributed by atoms with Gasteiger partial charge in [-0.15, -0.1) is 0 Å². The molecule has 4 nitrogen and oxygen atoms in total. The molecule has 0 amide bonds. The number of hydrogen-bond donors (Lipinski definition) is 1. The quantitative estimate of drug-likeness (QED) is 0.712. The molecule has 84 valence electrons. The summed E-state index contributed by atoms with van der Waals surface area (Å²) in [5.41, 5.74) is 3.28. The molecule has 0 radical (unpaired) electrons. The smallest absolute Gasteiger partial charge is 0.0673 e. The van der Waals surface area contributed by atoms with Crippen LogP contribution in [0.3, 0.4) is 0 Å². The first-order valence-electron chi connectivity index (χ1n) is 5.29. The maximum atomic E-state index is 4.97. The minimum absolute atomic E-state index is 0.735. The fourth-order valence-electron chi connectivity index (χ4n) is 1.42. The van der Waals surface area contributed by atoms with Gasteiger partial charge in [0.05, 0.1) is 18.0 Å². The number of methoxy groups -OCH3 is 1. The van der Waals surface area contributed by atoms with E-state index in [9.17, 15) is 0 Å². The highest BCUT2D eigenvalue weighted by molar-refractivity contribution is 5.20. The van der Waals surface area contributed by atoms with E-state index >= 15 is 0 Å². The van der Waals surface area contributed by atoms with Crippen LogP contribution in [0.4, 0.5) is 0 Å². The van der Waals surface area contributed by atoms with Crippen LogP contribution in [-0.2, 0) is 17.7 Å². The standard InChI is InChI=1S/C11H19N3O/c1-4-11-10(7-9(2)13-14-11)8-12-5-6-15-3/h7,12H,4-6,8H2,1-3H3. The molecule has 15 heavy (non-hydrogen) atoms. The predicted molar refractivity (Wildman–Crippen MR) is 59.7 cm³/mol. The van der Waals surface area contributed by atoms with Gasteiger partial charge in [-0.3, -0.25) is 0 Å². The van der Waals surface area contributed by atoms with Crippen LogP contribution in [0, 0.1) is 6.92 Å². The molecule has 0 aliphatic heterocycles. The summed E-state index contributed by atoms with van der Waals surface area (Å²) in [6.45, 7) is 6.49. The fourth-order valence-corrected chi connectivity index (χ4v) is 1.42. The molecule has 0 unspecified atom stereocenters. The van der Waals surface area contributed by atoms with Gasteiger partial charge >= 0.3 is 0 Å². The Labute approximate surface area is 91.1 Å². The number of rotatable bonds is 6. The first kappa shape index (κ1) is 12.1. The van der Waals surface area contributed by atoms with Crippen molar-refractivity contribution in [2.45, 2.75) is 26.8 Å². The number of hydrogen-bond acceptors (Lipinski definition) is 4. The molecule has 1 heterocycles. The van der Waals surface area contributed by atoms with Gasteiger partial charge in [0.1, 0.15) is 0 Å². The number of aryl methyl sites for hydroxylation is 2. The van der Waals surface area contributed by atoms with E-state index in [1.807, 2.05) is 6.92 Å². The zero-order valence-corrected chi connectivity index (χ0v) is 9.71. The van der Waals surface area contributed by atoms with Gasteiger partial charge < -0.3 is 10.1 Å². The van der Waals surface area contributed by atoms with Crippen LogP contribution in [-0.4, -0.2) is 30.5 Å². The summed E-state index contributed by atoms with van der Waals surface area (Å²) >= 11 is 0. The van der Waals surface area contributed by atoms with Gasteiger partial charge in [-0.25, -0.2) is 0 Å². The molecule has 1 N–H and O–H groups in total. The fraction of sp³-hybridized carbons (Fsp3) is 0.636. The molecule has 0 saturated carbocycles. The Morgan fingerprint density at radius 3 is 2.87 bits per heavy atom. The van der Waals surface area contributed by atoms with E-state index in [0.717, 1.165) is 37.5 Å². The largest absolute Gasteiger partial charge is 0.383 e. The van der Waals surface area contributed by atoms with Crippen molar-refractivity contribution in [1.29, 1.82) is 0 Å². The van der Waals surface area contributed by atoms with Crippen LogP contribution in [0.25, 0.3) is 0 Å². The zero-order valence-electron chi connectivity index (χ0n) is 9.71. The second-order valence-corrected chi connectivity index (χ2v) is 3.48. The van der Waals surface area contributed by atoms with Gasteiger partial charge in [-0.05, 0) is 25.0 Å². The van der Waals surface area contributed by atoms with E-state index < -0.39 is 0 Å². The number of nitrogens with zero attached hydrogens (tertiary/aromatic N) is 2. The van der Waals surface area contributed by atoms with Crippen molar-refractivity contribution in [3.8, 4) is 0 Å². The third kappa shape index (κ3) is 3.93. The highest BCUT2D eigenvalue weighted by atomic mass is 16.5. The van der Waals surface area contributed by atoms with E-state index in [1.165, 1.54) is 5.56 Å². The lowest BCUT2D eigenvalue weighted by Gasteiger charge is -2.08. The molecular formula is C11H19N3O. The molecule has 1 aromatic heterocycles. The number of ether oxygens (including phenoxy) is 1. The Bertz CT molecular complexity index is 302. The zero-order chi connectivity index (χ0) is 11.1. The predicted octanol–water partition coefficient (Wildman–Crippen LogP) is 1.08. The molecule has 0 atom stereocenters. The molecule has 1 rings (SSSR count). The monoisotopic (exact) mass is 209 g/mol. The minimum atomic E-state index is 0.735. The van der Waals surface area contributed by atoms with Crippen LogP contribution in [0.1, 0.15) is 23.9 Å². The number of aromatic nitrogens is 2. The van der Waals surface area contributed by atoms with E-state index in [1.54, 1.807) is 7.11 Å². The topological polar surface area (TPSA) is 47.0 Å². The normalized spacial score (nSPS) is 10.6. The summed E-state index contributed by atoms with van der Waals surface area (Å²) in [6, 6.07) is 2.09. The third-order valence-electron chi connectivity index (χ3n) is 2.22. The maximum absolute atomic E-state index is 4.97. The first-order valence-corrected chi connectivity index (χ1v) is 5.29.